The van der Waals surface area contributed by atoms with Crippen LogP contribution in [0.25, 0.3) is 27.5 Å². The Labute approximate surface area is 237 Å². The quantitative estimate of drug-likeness (QED) is 0.166. The molecule has 1 aromatic heterocycles. The molecule has 0 saturated carbocycles. The number of para-hydroxylation sites is 2. The lowest BCUT2D eigenvalue weighted by Gasteiger charge is -2.34. The third-order valence-electron chi connectivity index (χ3n) is 8.33. The summed E-state index contributed by atoms with van der Waals surface area (Å²) in [5.41, 5.74) is 5.03. The molecule has 0 fully saturated rings. The highest BCUT2D eigenvalue weighted by Gasteiger charge is 2.41. The summed E-state index contributed by atoms with van der Waals surface area (Å²) in [6.07, 6.45) is 1.04. The molecule has 0 saturated heterocycles. The Morgan fingerprint density at radius 1 is 0.450 bits per heavy atom. The van der Waals surface area contributed by atoms with Crippen molar-refractivity contribution < 1.29 is 0 Å². The van der Waals surface area contributed by atoms with Gasteiger partial charge < -0.3 is 4.57 Å². The number of rotatable bonds is 6. The normalized spacial score (nSPS) is 11.7. The Balaban J connectivity index is 1.59. The van der Waals surface area contributed by atoms with Gasteiger partial charge >= 0.3 is 0 Å². The molecule has 0 spiro atoms. The van der Waals surface area contributed by atoms with Crippen LogP contribution in [0.1, 0.15) is 12.5 Å². The molecule has 7 aromatic rings. The largest absolute Gasteiger partial charge is 0.309 e. The topological polar surface area (TPSA) is 4.93 Å². The van der Waals surface area contributed by atoms with Gasteiger partial charge in [-0.3, -0.25) is 0 Å². The molecule has 7 rings (SSSR count). The van der Waals surface area contributed by atoms with E-state index >= 15 is 0 Å². The summed E-state index contributed by atoms with van der Waals surface area (Å²) in [5, 5.41) is 8.19. The Hall–Kier alpha value is -4.66. The maximum atomic E-state index is 2.50. The van der Waals surface area contributed by atoms with E-state index in [1.807, 2.05) is 0 Å². The lowest BCUT2D eigenvalue weighted by atomic mass is 10.1. The van der Waals surface area contributed by atoms with Crippen molar-refractivity contribution >= 4 is 50.6 Å². The van der Waals surface area contributed by atoms with Crippen molar-refractivity contribution in [2.75, 3.05) is 0 Å². The van der Waals surface area contributed by atoms with Crippen LogP contribution in [-0.4, -0.2) is 12.6 Å². The average Bonchev–Trinajstić information content (AvgIpc) is 3.37. The summed E-state index contributed by atoms with van der Waals surface area (Å²) in [5.74, 6) is 0. The molecule has 0 aliphatic heterocycles. The summed E-state index contributed by atoms with van der Waals surface area (Å²) in [6.45, 7) is 2.23. The van der Waals surface area contributed by atoms with Gasteiger partial charge in [-0.1, -0.05) is 140 Å². The van der Waals surface area contributed by atoms with E-state index in [1.165, 1.54) is 53.8 Å². The number of hydrogen-bond donors (Lipinski definition) is 0. The monoisotopic (exact) mass is 529 g/mol. The fraction of sp³-hybridized carbons (Fsp3) is 0.0526. The van der Waals surface area contributed by atoms with Crippen LogP contribution in [-0.2, 0) is 6.42 Å². The highest BCUT2D eigenvalue weighted by molar-refractivity contribution is 7.20. The number of nitrogens with zero attached hydrogens (tertiary/aromatic N) is 1. The Kier molecular flexibility index (Phi) is 6.18. The van der Waals surface area contributed by atoms with Gasteiger partial charge in [-0.05, 0) is 57.0 Å². The van der Waals surface area contributed by atoms with Gasteiger partial charge in [0.25, 0.3) is 0 Å². The van der Waals surface area contributed by atoms with E-state index in [4.69, 9.17) is 0 Å². The predicted octanol–water partition coefficient (Wildman–Crippen LogP) is 6.72. The van der Waals surface area contributed by atoms with Crippen molar-refractivity contribution in [3.05, 3.63) is 163 Å². The van der Waals surface area contributed by atoms with E-state index in [0.717, 1.165) is 6.42 Å². The summed E-state index contributed by atoms with van der Waals surface area (Å²) in [6, 6.07) is 58.6. The van der Waals surface area contributed by atoms with E-state index < -0.39 is 8.07 Å². The van der Waals surface area contributed by atoms with Crippen molar-refractivity contribution in [2.24, 2.45) is 0 Å². The fourth-order valence-corrected chi connectivity index (χ4v) is 11.2. The smallest absolute Gasteiger partial charge is 0.179 e. The minimum atomic E-state index is -2.62. The highest BCUT2D eigenvalue weighted by Crippen LogP contribution is 2.31. The van der Waals surface area contributed by atoms with Crippen LogP contribution in [0.15, 0.2) is 158 Å². The fourth-order valence-electron chi connectivity index (χ4n) is 6.43. The molecule has 2 heteroatoms. The molecule has 40 heavy (non-hydrogen) atoms. The Bertz CT molecular complexity index is 1860. The molecule has 0 aliphatic carbocycles. The number of aryl methyl sites for hydroxylation is 1. The van der Waals surface area contributed by atoms with Gasteiger partial charge in [-0.15, -0.1) is 0 Å². The Morgan fingerprint density at radius 2 is 0.950 bits per heavy atom. The van der Waals surface area contributed by atoms with Gasteiger partial charge in [0.1, 0.15) is 0 Å². The molecule has 0 N–H and O–H groups in total. The molecule has 0 unspecified atom stereocenters. The third kappa shape index (κ3) is 3.84. The molecule has 0 amide bonds. The van der Waals surface area contributed by atoms with Crippen molar-refractivity contribution in [3.8, 4) is 5.69 Å². The second-order valence-corrected chi connectivity index (χ2v) is 14.3. The number of benzene rings is 6. The number of fused-ring (bicyclic) bond motifs is 3. The summed E-state index contributed by atoms with van der Waals surface area (Å²) >= 11 is 0. The van der Waals surface area contributed by atoms with Crippen LogP contribution < -0.4 is 20.7 Å². The Morgan fingerprint density at radius 3 is 1.57 bits per heavy atom. The zero-order valence-electron chi connectivity index (χ0n) is 22.7. The first-order valence-electron chi connectivity index (χ1n) is 14.1. The number of aromatic nitrogens is 1. The van der Waals surface area contributed by atoms with Gasteiger partial charge in [0.05, 0.1) is 11.0 Å². The highest BCUT2D eigenvalue weighted by atomic mass is 28.3. The molecular weight excluding hydrogens is 499 g/mol. The molecule has 1 nitrogen and oxygen atoms in total. The van der Waals surface area contributed by atoms with Crippen molar-refractivity contribution in [1.82, 2.24) is 4.57 Å². The lowest BCUT2D eigenvalue weighted by molar-refractivity contribution is 1.14. The molecule has 6 aromatic carbocycles. The SMILES string of the molecule is CCc1ccc([Si](c2ccccc2)(c2ccccc2)c2ccc3c(c2)c2ccccc2n3-c2ccccc2)cc1. The lowest BCUT2D eigenvalue weighted by Crippen LogP contribution is -2.74. The molecule has 1 heterocycles. The average molecular weight is 530 g/mol. The molecule has 0 aliphatic rings. The molecular formula is C38H31NSi. The molecule has 0 bridgehead atoms. The number of hydrogen-bond acceptors (Lipinski definition) is 0. The van der Waals surface area contributed by atoms with Crippen LogP contribution >= 0.6 is 0 Å². The van der Waals surface area contributed by atoms with E-state index in [0.29, 0.717) is 0 Å². The minimum Gasteiger partial charge on any atom is -0.309 e. The van der Waals surface area contributed by atoms with E-state index in [1.54, 1.807) is 0 Å². The maximum Gasteiger partial charge on any atom is 0.179 e. The zero-order chi connectivity index (χ0) is 26.9. The predicted molar refractivity (Wildman–Crippen MR) is 174 cm³/mol. The zero-order valence-corrected chi connectivity index (χ0v) is 23.7. The van der Waals surface area contributed by atoms with Crippen molar-refractivity contribution in [3.63, 3.8) is 0 Å². The van der Waals surface area contributed by atoms with Gasteiger partial charge in [-0.2, -0.15) is 0 Å². The van der Waals surface area contributed by atoms with Crippen molar-refractivity contribution in [1.29, 1.82) is 0 Å². The summed E-state index contributed by atoms with van der Waals surface area (Å²) in [7, 11) is -2.62. The van der Waals surface area contributed by atoms with Crippen molar-refractivity contribution in [2.45, 2.75) is 13.3 Å². The van der Waals surface area contributed by atoms with E-state index in [9.17, 15) is 0 Å². The first-order valence-corrected chi connectivity index (χ1v) is 16.1. The third-order valence-corrected chi connectivity index (χ3v) is 13.1. The van der Waals surface area contributed by atoms with Crippen LogP contribution in [0.2, 0.25) is 0 Å². The van der Waals surface area contributed by atoms with Crippen LogP contribution in [0.5, 0.6) is 0 Å². The van der Waals surface area contributed by atoms with Crippen LogP contribution in [0.4, 0.5) is 0 Å². The van der Waals surface area contributed by atoms with E-state index in [-0.39, 0.29) is 0 Å². The van der Waals surface area contributed by atoms with Crippen LogP contribution in [0.3, 0.4) is 0 Å². The van der Waals surface area contributed by atoms with Gasteiger partial charge in [0.2, 0.25) is 0 Å². The second kappa shape index (κ2) is 10.1. The van der Waals surface area contributed by atoms with Gasteiger partial charge in [0.15, 0.2) is 8.07 Å². The second-order valence-electron chi connectivity index (χ2n) is 10.5. The van der Waals surface area contributed by atoms with Crippen LogP contribution in [0, 0.1) is 0 Å². The van der Waals surface area contributed by atoms with Gasteiger partial charge in [-0.25, -0.2) is 0 Å². The summed E-state index contributed by atoms with van der Waals surface area (Å²) in [4.78, 5) is 0. The minimum absolute atomic E-state index is 1.04. The van der Waals surface area contributed by atoms with Gasteiger partial charge in [0, 0.05) is 16.5 Å². The van der Waals surface area contributed by atoms with E-state index in [2.05, 4.69) is 169 Å². The standard InChI is InChI=1S/C38H31NSi/c1-2-29-22-24-33(25-23-29)40(31-16-8-4-9-17-31,32-18-10-5-11-19-32)34-26-27-38-36(28-34)35-20-12-13-21-37(35)39(38)30-14-6-3-7-15-30/h3-28H,2H2,1H3. The maximum absolute atomic E-state index is 2.62. The molecule has 0 radical (unpaired) electrons. The first-order chi connectivity index (χ1) is 19.8. The molecule has 192 valence electrons. The first kappa shape index (κ1) is 24.4. The molecule has 0 atom stereocenters. The summed E-state index contributed by atoms with van der Waals surface area (Å²) < 4.78 is 2.40.